The summed E-state index contributed by atoms with van der Waals surface area (Å²) >= 11 is 5.82. The van der Waals surface area contributed by atoms with Gasteiger partial charge in [0.2, 0.25) is 0 Å². The van der Waals surface area contributed by atoms with Crippen LogP contribution < -0.4 is 15.2 Å². The van der Waals surface area contributed by atoms with Gasteiger partial charge in [-0.05, 0) is 30.3 Å². The van der Waals surface area contributed by atoms with Gasteiger partial charge in [0.25, 0.3) is 0 Å². The van der Waals surface area contributed by atoms with Crippen LogP contribution in [0.5, 0.6) is 17.2 Å². The molecule has 2 rings (SSSR count). The molecule has 5 heteroatoms. The Bertz CT molecular complexity index is 650. The van der Waals surface area contributed by atoms with E-state index in [4.69, 9.17) is 32.1 Å². The monoisotopic (exact) mass is 274 g/mol. The number of benzene rings is 2. The van der Waals surface area contributed by atoms with Gasteiger partial charge in [-0.3, -0.25) is 0 Å². The molecule has 0 amide bonds. The van der Waals surface area contributed by atoms with E-state index in [-0.39, 0.29) is 0 Å². The molecule has 2 aromatic carbocycles. The van der Waals surface area contributed by atoms with Gasteiger partial charge < -0.3 is 15.2 Å². The lowest BCUT2D eigenvalue weighted by Crippen LogP contribution is -1.94. The predicted molar refractivity (Wildman–Crippen MR) is 73.6 cm³/mol. The van der Waals surface area contributed by atoms with Crippen LogP contribution in [0.4, 0.5) is 5.69 Å². The van der Waals surface area contributed by atoms with Crippen LogP contribution >= 0.6 is 11.6 Å². The number of nitrogens with zero attached hydrogens (tertiary/aromatic N) is 1. The number of nitrogens with two attached hydrogens (primary N) is 1. The van der Waals surface area contributed by atoms with Crippen LogP contribution in [0.2, 0.25) is 5.02 Å². The number of ether oxygens (including phenoxy) is 2. The van der Waals surface area contributed by atoms with Crippen molar-refractivity contribution in [3.05, 3.63) is 47.0 Å². The standard InChI is InChI=1S/C14H11ClN2O2/c1-18-11-4-2-9(8-16)14(7-11)19-13-5-3-10(15)6-12(13)17/h2-7H,17H2,1H3. The average Bonchev–Trinajstić information content (AvgIpc) is 2.41. The smallest absolute Gasteiger partial charge is 0.150 e. The zero-order valence-electron chi connectivity index (χ0n) is 10.2. The molecule has 0 aliphatic rings. The summed E-state index contributed by atoms with van der Waals surface area (Å²) in [6.07, 6.45) is 0. The summed E-state index contributed by atoms with van der Waals surface area (Å²) in [5.41, 5.74) is 6.61. The van der Waals surface area contributed by atoms with E-state index in [2.05, 4.69) is 6.07 Å². The van der Waals surface area contributed by atoms with E-state index in [0.29, 0.717) is 33.5 Å². The Morgan fingerprint density at radius 2 is 1.95 bits per heavy atom. The minimum Gasteiger partial charge on any atom is -0.497 e. The molecule has 0 saturated heterocycles. The Hall–Kier alpha value is -2.38. The Morgan fingerprint density at radius 3 is 2.58 bits per heavy atom. The summed E-state index contributed by atoms with van der Waals surface area (Å²) in [6.45, 7) is 0. The zero-order chi connectivity index (χ0) is 13.8. The molecule has 0 radical (unpaired) electrons. The molecular weight excluding hydrogens is 264 g/mol. The Morgan fingerprint density at radius 1 is 1.16 bits per heavy atom. The molecule has 2 N–H and O–H groups in total. The predicted octanol–water partition coefficient (Wildman–Crippen LogP) is 3.59. The van der Waals surface area contributed by atoms with Gasteiger partial charge in [-0.1, -0.05) is 11.6 Å². The summed E-state index contributed by atoms with van der Waals surface area (Å²) < 4.78 is 10.7. The maximum Gasteiger partial charge on any atom is 0.150 e. The number of hydrogen-bond acceptors (Lipinski definition) is 4. The highest BCUT2D eigenvalue weighted by Crippen LogP contribution is 2.33. The van der Waals surface area contributed by atoms with Gasteiger partial charge in [0.15, 0.2) is 0 Å². The molecule has 2 aromatic rings. The second kappa shape index (κ2) is 5.51. The normalized spacial score (nSPS) is 9.74. The van der Waals surface area contributed by atoms with Crippen molar-refractivity contribution in [3.63, 3.8) is 0 Å². The third-order valence-corrected chi connectivity index (χ3v) is 2.74. The fraction of sp³-hybridized carbons (Fsp3) is 0.0714. The highest BCUT2D eigenvalue weighted by atomic mass is 35.5. The van der Waals surface area contributed by atoms with Gasteiger partial charge in [-0.25, -0.2) is 0 Å². The number of anilines is 1. The number of nitriles is 1. The summed E-state index contributed by atoms with van der Waals surface area (Å²) in [5.74, 6) is 1.42. The van der Waals surface area contributed by atoms with E-state index >= 15 is 0 Å². The maximum atomic E-state index is 9.05. The first-order valence-corrected chi connectivity index (χ1v) is 5.83. The lowest BCUT2D eigenvalue weighted by molar-refractivity contribution is 0.409. The van der Waals surface area contributed by atoms with Crippen LogP contribution in [0.15, 0.2) is 36.4 Å². The van der Waals surface area contributed by atoms with E-state index in [1.807, 2.05) is 0 Å². The number of methoxy groups -OCH3 is 1. The molecule has 0 atom stereocenters. The fourth-order valence-electron chi connectivity index (χ4n) is 1.54. The molecule has 0 aromatic heterocycles. The molecule has 0 unspecified atom stereocenters. The van der Waals surface area contributed by atoms with E-state index in [0.717, 1.165) is 0 Å². The third-order valence-electron chi connectivity index (χ3n) is 2.50. The Kier molecular flexibility index (Phi) is 3.79. The minimum atomic E-state index is 0.385. The topological polar surface area (TPSA) is 68.3 Å². The molecule has 0 spiro atoms. The van der Waals surface area contributed by atoms with E-state index in [1.54, 1.807) is 43.5 Å². The molecular formula is C14H11ClN2O2. The quantitative estimate of drug-likeness (QED) is 0.869. The SMILES string of the molecule is COc1ccc(C#N)c(Oc2ccc(Cl)cc2N)c1. The van der Waals surface area contributed by atoms with Crippen molar-refractivity contribution in [2.24, 2.45) is 0 Å². The van der Waals surface area contributed by atoms with Gasteiger partial charge in [-0.2, -0.15) is 5.26 Å². The molecule has 0 aliphatic heterocycles. The minimum absolute atomic E-state index is 0.385. The molecule has 0 fully saturated rings. The second-order valence-electron chi connectivity index (χ2n) is 3.76. The number of hydrogen-bond donors (Lipinski definition) is 1. The first-order chi connectivity index (χ1) is 9.13. The number of nitrogen functional groups attached to an aromatic ring is 1. The van der Waals surface area contributed by atoms with Crippen molar-refractivity contribution in [2.45, 2.75) is 0 Å². The molecule has 0 saturated carbocycles. The highest BCUT2D eigenvalue weighted by Gasteiger charge is 2.09. The first kappa shape index (κ1) is 13.1. The Balaban J connectivity index is 2.39. The lowest BCUT2D eigenvalue weighted by atomic mass is 10.2. The third kappa shape index (κ3) is 2.90. The van der Waals surface area contributed by atoms with Crippen molar-refractivity contribution in [3.8, 4) is 23.3 Å². The second-order valence-corrected chi connectivity index (χ2v) is 4.19. The Labute approximate surface area is 115 Å². The zero-order valence-corrected chi connectivity index (χ0v) is 10.9. The molecule has 0 bridgehead atoms. The molecule has 4 nitrogen and oxygen atoms in total. The van der Waals surface area contributed by atoms with Gasteiger partial charge in [0, 0.05) is 11.1 Å². The van der Waals surface area contributed by atoms with Crippen LogP contribution in [0.25, 0.3) is 0 Å². The highest BCUT2D eigenvalue weighted by molar-refractivity contribution is 6.30. The molecule has 0 aliphatic carbocycles. The van der Waals surface area contributed by atoms with Crippen LogP contribution in [-0.2, 0) is 0 Å². The molecule has 0 heterocycles. The van der Waals surface area contributed by atoms with Gasteiger partial charge >= 0.3 is 0 Å². The summed E-state index contributed by atoms with van der Waals surface area (Å²) in [7, 11) is 1.54. The summed E-state index contributed by atoms with van der Waals surface area (Å²) in [5, 5.41) is 9.57. The molecule has 19 heavy (non-hydrogen) atoms. The summed E-state index contributed by atoms with van der Waals surface area (Å²) in [4.78, 5) is 0. The van der Waals surface area contributed by atoms with Crippen LogP contribution in [0, 0.1) is 11.3 Å². The summed E-state index contributed by atoms with van der Waals surface area (Å²) in [6, 6.07) is 11.9. The van der Waals surface area contributed by atoms with Crippen LogP contribution in [0.1, 0.15) is 5.56 Å². The van der Waals surface area contributed by atoms with E-state index in [1.165, 1.54) is 0 Å². The van der Waals surface area contributed by atoms with Crippen molar-refractivity contribution in [1.29, 1.82) is 5.26 Å². The average molecular weight is 275 g/mol. The van der Waals surface area contributed by atoms with E-state index < -0.39 is 0 Å². The van der Waals surface area contributed by atoms with Crippen molar-refractivity contribution in [1.82, 2.24) is 0 Å². The van der Waals surface area contributed by atoms with Crippen molar-refractivity contribution in [2.75, 3.05) is 12.8 Å². The maximum absolute atomic E-state index is 9.05. The van der Waals surface area contributed by atoms with Crippen molar-refractivity contribution < 1.29 is 9.47 Å². The number of rotatable bonds is 3. The largest absolute Gasteiger partial charge is 0.497 e. The van der Waals surface area contributed by atoms with Crippen molar-refractivity contribution >= 4 is 17.3 Å². The van der Waals surface area contributed by atoms with Crippen LogP contribution in [0.3, 0.4) is 0 Å². The number of halogens is 1. The van der Waals surface area contributed by atoms with Gasteiger partial charge in [-0.15, -0.1) is 0 Å². The molecule has 96 valence electrons. The van der Waals surface area contributed by atoms with E-state index in [9.17, 15) is 0 Å². The van der Waals surface area contributed by atoms with Crippen LogP contribution in [-0.4, -0.2) is 7.11 Å². The first-order valence-electron chi connectivity index (χ1n) is 5.45. The fourth-order valence-corrected chi connectivity index (χ4v) is 1.72. The van der Waals surface area contributed by atoms with Gasteiger partial charge in [0.1, 0.15) is 23.3 Å². The lowest BCUT2D eigenvalue weighted by Gasteiger charge is -2.11. The van der Waals surface area contributed by atoms with Gasteiger partial charge in [0.05, 0.1) is 18.4 Å².